The van der Waals surface area contributed by atoms with Crippen LogP contribution in [-0.2, 0) is 0 Å². The lowest BCUT2D eigenvalue weighted by Gasteiger charge is -2.23. The Hall–Kier alpha value is -1.31. The van der Waals surface area contributed by atoms with E-state index < -0.39 is 0 Å². The van der Waals surface area contributed by atoms with Crippen molar-refractivity contribution >= 4 is 17.2 Å². The lowest BCUT2D eigenvalue weighted by molar-refractivity contribution is 0.0745. The maximum atomic E-state index is 12.4. The van der Waals surface area contributed by atoms with Crippen molar-refractivity contribution in [3.8, 4) is 11.8 Å². The Morgan fingerprint density at radius 2 is 2.21 bits per heavy atom. The molecule has 0 saturated carbocycles. The second-order valence-corrected chi connectivity index (χ2v) is 5.61. The fourth-order valence-electron chi connectivity index (χ4n) is 1.67. The van der Waals surface area contributed by atoms with E-state index in [1.807, 2.05) is 24.0 Å². The highest BCUT2D eigenvalue weighted by Crippen LogP contribution is 2.18. The van der Waals surface area contributed by atoms with Crippen LogP contribution in [-0.4, -0.2) is 30.4 Å². The van der Waals surface area contributed by atoms with E-state index in [4.69, 9.17) is 5.73 Å². The summed E-state index contributed by atoms with van der Waals surface area (Å²) < 4.78 is 0. The number of nitrogens with zero attached hydrogens (tertiary/aromatic N) is 1. The van der Waals surface area contributed by atoms with E-state index in [0.717, 1.165) is 29.3 Å². The molecule has 1 rings (SSSR count). The van der Waals surface area contributed by atoms with E-state index in [9.17, 15) is 4.79 Å². The SMILES string of the molecule is CCC(C)CN(CC)C(=O)c1ccc(C#CCN)s1. The molecule has 0 radical (unpaired) electrons. The van der Waals surface area contributed by atoms with Crippen LogP contribution >= 0.6 is 11.3 Å². The van der Waals surface area contributed by atoms with Crippen molar-refractivity contribution < 1.29 is 4.79 Å². The Labute approximate surface area is 119 Å². The topological polar surface area (TPSA) is 46.3 Å². The smallest absolute Gasteiger partial charge is 0.263 e. The van der Waals surface area contributed by atoms with Crippen LogP contribution in [0.3, 0.4) is 0 Å². The van der Waals surface area contributed by atoms with Gasteiger partial charge < -0.3 is 10.6 Å². The summed E-state index contributed by atoms with van der Waals surface area (Å²) in [4.78, 5) is 15.9. The molecule has 104 valence electrons. The molecule has 0 fully saturated rings. The molecule has 1 unspecified atom stereocenters. The number of nitrogens with two attached hydrogens (primary N) is 1. The summed E-state index contributed by atoms with van der Waals surface area (Å²) in [6.07, 6.45) is 1.08. The average molecular weight is 278 g/mol. The fraction of sp³-hybridized carbons (Fsp3) is 0.533. The minimum Gasteiger partial charge on any atom is -0.338 e. The van der Waals surface area contributed by atoms with Crippen molar-refractivity contribution in [1.29, 1.82) is 0 Å². The van der Waals surface area contributed by atoms with Crippen LogP contribution < -0.4 is 5.73 Å². The summed E-state index contributed by atoms with van der Waals surface area (Å²) >= 11 is 1.44. The van der Waals surface area contributed by atoms with Crippen LogP contribution in [0.5, 0.6) is 0 Å². The third-order valence-corrected chi connectivity index (χ3v) is 4.02. The summed E-state index contributed by atoms with van der Waals surface area (Å²) in [6, 6.07) is 3.74. The summed E-state index contributed by atoms with van der Waals surface area (Å²) in [5, 5.41) is 0. The van der Waals surface area contributed by atoms with Gasteiger partial charge in [0.15, 0.2) is 0 Å². The Morgan fingerprint density at radius 1 is 1.47 bits per heavy atom. The quantitative estimate of drug-likeness (QED) is 0.841. The molecule has 1 aromatic heterocycles. The Balaban J connectivity index is 2.77. The third-order valence-electron chi connectivity index (χ3n) is 3.03. The zero-order valence-electron chi connectivity index (χ0n) is 11.9. The number of hydrogen-bond donors (Lipinski definition) is 1. The molecular weight excluding hydrogens is 256 g/mol. The molecule has 19 heavy (non-hydrogen) atoms. The number of hydrogen-bond acceptors (Lipinski definition) is 3. The number of carbonyl (C=O) groups excluding carboxylic acids is 1. The molecule has 0 saturated heterocycles. The number of thiophene rings is 1. The van der Waals surface area contributed by atoms with Gasteiger partial charge in [-0.1, -0.05) is 32.1 Å². The Bertz CT molecular complexity index is 470. The first-order chi connectivity index (χ1) is 9.12. The maximum Gasteiger partial charge on any atom is 0.263 e. The lowest BCUT2D eigenvalue weighted by atomic mass is 10.1. The predicted octanol–water partition coefficient (Wildman–Crippen LogP) is 2.57. The van der Waals surface area contributed by atoms with Crippen molar-refractivity contribution in [1.82, 2.24) is 4.90 Å². The third kappa shape index (κ3) is 4.70. The zero-order chi connectivity index (χ0) is 14.3. The summed E-state index contributed by atoms with van der Waals surface area (Å²) in [7, 11) is 0. The van der Waals surface area contributed by atoms with Gasteiger partial charge in [-0.2, -0.15) is 0 Å². The van der Waals surface area contributed by atoms with Crippen LogP contribution in [0.15, 0.2) is 12.1 Å². The van der Waals surface area contributed by atoms with Crippen molar-refractivity contribution in [2.45, 2.75) is 27.2 Å². The van der Waals surface area contributed by atoms with E-state index in [2.05, 4.69) is 25.7 Å². The second kappa shape index (κ2) is 7.98. The van der Waals surface area contributed by atoms with E-state index >= 15 is 0 Å². The minimum atomic E-state index is 0.105. The van der Waals surface area contributed by atoms with Crippen molar-refractivity contribution in [2.75, 3.05) is 19.6 Å². The van der Waals surface area contributed by atoms with Gasteiger partial charge in [-0.3, -0.25) is 4.79 Å². The lowest BCUT2D eigenvalue weighted by Crippen LogP contribution is -2.34. The van der Waals surface area contributed by atoms with Crippen LogP contribution in [0, 0.1) is 17.8 Å². The molecule has 0 aliphatic carbocycles. The first-order valence-corrected chi connectivity index (χ1v) is 7.52. The van der Waals surface area contributed by atoms with Crippen molar-refractivity contribution in [2.24, 2.45) is 11.7 Å². The van der Waals surface area contributed by atoms with Gasteiger partial charge in [-0.25, -0.2) is 0 Å². The first kappa shape index (κ1) is 15.7. The number of amides is 1. The molecule has 1 atom stereocenters. The summed E-state index contributed by atoms with van der Waals surface area (Å²) in [6.45, 7) is 8.23. The Kier molecular flexibility index (Phi) is 6.61. The molecule has 0 aliphatic rings. The molecule has 0 bridgehead atoms. The summed E-state index contributed by atoms with van der Waals surface area (Å²) in [5.74, 6) is 6.40. The normalized spacial score (nSPS) is 11.6. The molecule has 0 aliphatic heterocycles. The van der Waals surface area contributed by atoms with Crippen LogP contribution in [0.2, 0.25) is 0 Å². The van der Waals surface area contributed by atoms with E-state index in [0.29, 0.717) is 12.5 Å². The van der Waals surface area contributed by atoms with Gasteiger partial charge in [0.25, 0.3) is 5.91 Å². The molecule has 2 N–H and O–H groups in total. The monoisotopic (exact) mass is 278 g/mol. The highest BCUT2D eigenvalue weighted by molar-refractivity contribution is 7.14. The van der Waals surface area contributed by atoms with Crippen LogP contribution in [0.25, 0.3) is 0 Å². The molecule has 0 spiro atoms. The highest BCUT2D eigenvalue weighted by Gasteiger charge is 2.17. The van der Waals surface area contributed by atoms with Gasteiger partial charge in [0.05, 0.1) is 16.3 Å². The predicted molar refractivity (Wildman–Crippen MR) is 81.3 cm³/mol. The molecule has 1 heterocycles. The molecule has 3 nitrogen and oxygen atoms in total. The van der Waals surface area contributed by atoms with Gasteiger partial charge in [0.2, 0.25) is 0 Å². The second-order valence-electron chi connectivity index (χ2n) is 4.53. The zero-order valence-corrected chi connectivity index (χ0v) is 12.7. The number of carbonyl (C=O) groups is 1. The van der Waals surface area contributed by atoms with Gasteiger partial charge in [0, 0.05) is 13.1 Å². The van der Waals surface area contributed by atoms with E-state index in [1.165, 1.54) is 11.3 Å². The minimum absolute atomic E-state index is 0.105. The van der Waals surface area contributed by atoms with Crippen molar-refractivity contribution in [3.63, 3.8) is 0 Å². The fourth-order valence-corrected chi connectivity index (χ4v) is 2.52. The average Bonchev–Trinajstić information content (AvgIpc) is 2.90. The van der Waals surface area contributed by atoms with Gasteiger partial charge in [-0.15, -0.1) is 11.3 Å². The maximum absolute atomic E-state index is 12.4. The highest BCUT2D eigenvalue weighted by atomic mass is 32.1. The number of rotatable bonds is 5. The van der Waals surface area contributed by atoms with Gasteiger partial charge >= 0.3 is 0 Å². The molecule has 0 aromatic carbocycles. The van der Waals surface area contributed by atoms with Crippen LogP contribution in [0.1, 0.15) is 41.7 Å². The largest absolute Gasteiger partial charge is 0.338 e. The Morgan fingerprint density at radius 3 is 2.79 bits per heavy atom. The van der Waals surface area contributed by atoms with Crippen molar-refractivity contribution in [3.05, 3.63) is 21.9 Å². The molecular formula is C15H22N2OS. The van der Waals surface area contributed by atoms with E-state index in [-0.39, 0.29) is 5.91 Å². The van der Waals surface area contributed by atoms with Gasteiger partial charge in [-0.05, 0) is 25.0 Å². The van der Waals surface area contributed by atoms with E-state index in [1.54, 1.807) is 0 Å². The molecule has 1 aromatic rings. The van der Waals surface area contributed by atoms with Gasteiger partial charge in [0.1, 0.15) is 0 Å². The standard InChI is InChI=1S/C15H22N2OS/c1-4-12(3)11-17(5-2)15(18)14-9-8-13(19-14)7-6-10-16/h8-9,12H,4-5,10-11,16H2,1-3H3. The summed E-state index contributed by atoms with van der Waals surface area (Å²) in [5.41, 5.74) is 5.34. The molecule has 4 heteroatoms. The molecule has 1 amide bonds. The van der Waals surface area contributed by atoms with Crippen LogP contribution in [0.4, 0.5) is 0 Å². The first-order valence-electron chi connectivity index (χ1n) is 6.70.